The van der Waals surface area contributed by atoms with Crippen LogP contribution in [0.1, 0.15) is 0 Å². The Morgan fingerprint density at radius 1 is 0.684 bits per heavy atom. The van der Waals surface area contributed by atoms with E-state index in [0.29, 0.717) is 0 Å². The number of rotatable bonds is 15. The average molecular weight is 966 g/mol. The van der Waals surface area contributed by atoms with E-state index in [-0.39, 0.29) is 183 Å². The molecule has 2 fully saturated rings. The first-order valence-corrected chi connectivity index (χ1v) is 18.2. The first kappa shape index (κ1) is 67.2. The SMILES string of the molecule is O=C([O-])C1=C[C@H](O)[C@@H](OS(=O)(=O)[O-])[C@H](OC2[C@@H](COS(=O)(=O)[O-])O[C@H](OC3[C@H](C(=O)[O-])OC(O)[C@H](OS(=O)(=O)[O-])[C@H]3O)[C@H](NS(=O)(=O)[O-])[C@H]2O)O1.[Na+].[Na+].[Na+].[Na+].[Na+].[Na+]. The zero-order valence-corrected chi connectivity index (χ0v) is 45.3. The molecule has 2 saturated heterocycles. The Labute approximate surface area is 455 Å². The second-order valence-electron chi connectivity index (χ2n) is 10.0. The van der Waals surface area contributed by atoms with Gasteiger partial charge in [-0.15, -0.1) is 0 Å². The summed E-state index contributed by atoms with van der Waals surface area (Å²) in [4.78, 5) is 23.1. The van der Waals surface area contributed by atoms with Crippen LogP contribution in [0.2, 0.25) is 0 Å². The number of nitrogens with one attached hydrogen (secondary N) is 1. The van der Waals surface area contributed by atoms with Gasteiger partial charge in [-0.05, 0) is 6.08 Å². The van der Waals surface area contributed by atoms with Crippen LogP contribution in [-0.2, 0) is 87.3 Å². The van der Waals surface area contributed by atoms with Gasteiger partial charge in [0.25, 0.3) is 0 Å². The molecule has 0 aliphatic carbocycles. The Balaban J connectivity index is -0.00000234. The van der Waals surface area contributed by atoms with Crippen molar-refractivity contribution in [2.75, 3.05) is 6.61 Å². The second kappa shape index (κ2) is 27.3. The van der Waals surface area contributed by atoms with Crippen LogP contribution in [0.25, 0.3) is 0 Å². The molecule has 3 aliphatic heterocycles. The maximum atomic E-state index is 11.7. The zero-order valence-electron chi connectivity index (χ0n) is 30.0. The van der Waals surface area contributed by atoms with Crippen LogP contribution in [0.4, 0.5) is 0 Å². The molecule has 296 valence electrons. The van der Waals surface area contributed by atoms with E-state index in [0.717, 1.165) is 4.72 Å². The van der Waals surface area contributed by atoms with Gasteiger partial charge in [-0.25, -0.2) is 38.4 Å². The van der Waals surface area contributed by atoms with Crippen molar-refractivity contribution in [3.63, 3.8) is 0 Å². The van der Waals surface area contributed by atoms with Crippen molar-refractivity contribution < 1.29 is 306 Å². The fraction of sp³-hybridized carbons (Fsp3) is 0.778. The van der Waals surface area contributed by atoms with E-state index in [1.807, 2.05) is 0 Å². The number of aliphatic carboxylic acids is 2. The Morgan fingerprint density at radius 2 is 1.18 bits per heavy atom. The Hall–Kier alpha value is 3.64. The molecule has 57 heavy (non-hydrogen) atoms. The molecule has 5 N–H and O–H groups in total. The zero-order chi connectivity index (χ0) is 39.0. The number of aliphatic hydroxyl groups is 4. The number of aliphatic hydroxyl groups excluding tert-OH is 4. The Bertz CT molecular complexity index is 1790. The number of hydrogen-bond acceptors (Lipinski definition) is 28. The molecule has 0 aromatic heterocycles. The van der Waals surface area contributed by atoms with Gasteiger partial charge in [-0.2, -0.15) is 0 Å². The van der Waals surface area contributed by atoms with Crippen molar-refractivity contribution in [3.8, 4) is 0 Å². The second-order valence-corrected chi connectivity index (χ2v) is 14.2. The summed E-state index contributed by atoms with van der Waals surface area (Å²) in [6.07, 6.45) is -32.1. The molecule has 0 amide bonds. The van der Waals surface area contributed by atoms with Crippen molar-refractivity contribution in [1.82, 2.24) is 4.72 Å². The topological polar surface area (TPSA) is 476 Å². The van der Waals surface area contributed by atoms with Crippen molar-refractivity contribution in [2.45, 2.75) is 79.8 Å². The van der Waals surface area contributed by atoms with E-state index in [9.17, 15) is 92.1 Å². The first-order valence-electron chi connectivity index (χ1n) is 12.8. The van der Waals surface area contributed by atoms with Crippen LogP contribution in [-0.4, -0.2) is 171 Å². The minimum absolute atomic E-state index is 0. The number of carbonyl (C=O) groups excluding carboxylic acids is 2. The molecule has 3 heterocycles. The average Bonchev–Trinajstić information content (AvgIpc) is 2.93. The van der Waals surface area contributed by atoms with Gasteiger partial charge in [-0.3, -0.25) is 12.5 Å². The summed E-state index contributed by atoms with van der Waals surface area (Å²) in [6.45, 7) is -1.68. The Kier molecular flexibility index (Phi) is 32.2. The van der Waals surface area contributed by atoms with E-state index in [1.165, 1.54) is 0 Å². The van der Waals surface area contributed by atoms with E-state index < -0.39 is 146 Å². The van der Waals surface area contributed by atoms with Crippen LogP contribution >= 0.6 is 0 Å². The van der Waals surface area contributed by atoms with Gasteiger partial charge in [-0.1, -0.05) is 0 Å². The summed E-state index contributed by atoms with van der Waals surface area (Å²) in [7, 11) is -23.3. The molecule has 0 aromatic carbocycles. The number of carbonyl (C=O) groups is 2. The quantitative estimate of drug-likeness (QED) is 0.0578. The summed E-state index contributed by atoms with van der Waals surface area (Å²) in [5.74, 6) is -6.02. The third-order valence-electron chi connectivity index (χ3n) is 6.51. The van der Waals surface area contributed by atoms with Gasteiger partial charge in [0.05, 0.1) is 12.6 Å². The normalized spacial score (nSPS) is 33.0. The molecular weight excluding hydrogens is 944 g/mol. The molecular formula is C18H21NNa6O28S4. The molecule has 29 nitrogen and oxygen atoms in total. The van der Waals surface area contributed by atoms with Crippen molar-refractivity contribution in [2.24, 2.45) is 0 Å². The third kappa shape index (κ3) is 21.2. The number of carboxylic acid groups (broad SMARTS) is 2. The predicted molar refractivity (Wildman–Crippen MR) is 132 cm³/mol. The van der Waals surface area contributed by atoms with Crippen LogP contribution in [0, 0.1) is 0 Å². The minimum atomic E-state index is -5.86. The number of hydrogen-bond donors (Lipinski definition) is 5. The molecule has 3 rings (SSSR count). The fourth-order valence-corrected chi connectivity index (χ4v) is 6.46. The third-order valence-corrected chi connectivity index (χ3v) is 8.41. The van der Waals surface area contributed by atoms with E-state index >= 15 is 0 Å². The number of carboxylic acids is 2. The molecule has 3 unspecified atom stereocenters. The first-order chi connectivity index (χ1) is 23.1. The van der Waals surface area contributed by atoms with Gasteiger partial charge < -0.3 is 82.1 Å². The summed E-state index contributed by atoms with van der Waals surface area (Å²) in [5, 5.41) is 65.0. The maximum absolute atomic E-state index is 11.7. The van der Waals surface area contributed by atoms with Crippen LogP contribution in [0.3, 0.4) is 0 Å². The molecule has 13 atom stereocenters. The molecule has 0 spiro atoms. The molecule has 0 saturated carbocycles. The summed E-state index contributed by atoms with van der Waals surface area (Å²) < 4.78 is 174. The maximum Gasteiger partial charge on any atom is 1.00 e. The largest absolute Gasteiger partial charge is 1.00 e. The molecule has 0 aromatic rings. The van der Waals surface area contributed by atoms with Crippen LogP contribution < -0.4 is 192 Å². The van der Waals surface area contributed by atoms with Gasteiger partial charge in [0, 0.05) is 0 Å². The molecule has 39 heteroatoms. The smallest absolute Gasteiger partial charge is 0.735 e. The Morgan fingerprint density at radius 3 is 1.61 bits per heavy atom. The molecule has 0 radical (unpaired) electrons. The van der Waals surface area contributed by atoms with Gasteiger partial charge in [0.2, 0.25) is 37.5 Å². The predicted octanol–water partition coefficient (Wildman–Crippen LogP) is -29.4. The van der Waals surface area contributed by atoms with Gasteiger partial charge in [0.15, 0.2) is 35.1 Å². The summed E-state index contributed by atoms with van der Waals surface area (Å²) >= 11 is 0. The van der Waals surface area contributed by atoms with E-state index in [4.69, 9.17) is 18.9 Å². The van der Waals surface area contributed by atoms with E-state index in [1.54, 1.807) is 0 Å². The monoisotopic (exact) mass is 965 g/mol. The summed E-state index contributed by atoms with van der Waals surface area (Å²) in [5.41, 5.74) is 0. The minimum Gasteiger partial charge on any atom is -0.735 e. The van der Waals surface area contributed by atoms with Gasteiger partial charge in [0.1, 0.15) is 60.5 Å². The fourth-order valence-electron chi connectivity index (χ4n) is 4.61. The standard InChI is InChI=1S/C18H27NO28S4.6Na/c20-3-1-4(14(23)24)41-18(9(3)46-50(34,35)36)44-10-5(2-40-49(31,32)33)42-17(6(7(10)21)19-48(28,29)30)45-11-8(22)12(47-51(37,38)39)16(27)43-13(11)15(25)26;;;;;;/h1,3,5-13,16-22,27H,2H2,(H,23,24)(H,25,26)(H,28,29,30)(H,31,32,33)(H,34,35,36)(H,37,38,39);;;;;;/q;6*+1/p-6/t3-,5+,6+,7+,8-,9+,10?,11?,12+,13+,16?,17+,18-;;;;;;/m0....../s1. The van der Waals surface area contributed by atoms with Crippen molar-refractivity contribution in [3.05, 3.63) is 11.8 Å². The van der Waals surface area contributed by atoms with E-state index in [2.05, 4.69) is 17.3 Å². The molecule has 3 aliphatic rings. The molecule has 0 bridgehead atoms. The summed E-state index contributed by atoms with van der Waals surface area (Å²) in [6, 6.07) is -2.73. The van der Waals surface area contributed by atoms with Crippen molar-refractivity contribution >= 4 is 53.4 Å². The number of ether oxygens (including phenoxy) is 5. The van der Waals surface area contributed by atoms with Gasteiger partial charge >= 0.3 is 177 Å². The van der Waals surface area contributed by atoms with Crippen LogP contribution in [0.5, 0.6) is 0 Å². The van der Waals surface area contributed by atoms with Crippen LogP contribution in [0.15, 0.2) is 11.8 Å². The van der Waals surface area contributed by atoms with Crippen molar-refractivity contribution in [1.29, 1.82) is 0 Å².